The lowest BCUT2D eigenvalue weighted by Gasteiger charge is -2.31. The molecule has 0 unspecified atom stereocenters. The van der Waals surface area contributed by atoms with Crippen LogP contribution in [0.2, 0.25) is 0 Å². The van der Waals surface area contributed by atoms with Gasteiger partial charge in [-0.05, 0) is 25.0 Å². The second-order valence-electron chi connectivity index (χ2n) is 5.69. The minimum absolute atomic E-state index is 0.127. The molecular formula is C15H15N5O3. The van der Waals surface area contributed by atoms with Gasteiger partial charge in [0.15, 0.2) is 5.58 Å². The van der Waals surface area contributed by atoms with Crippen LogP contribution in [0.1, 0.15) is 24.6 Å². The van der Waals surface area contributed by atoms with E-state index in [1.807, 2.05) is 30.5 Å². The summed E-state index contributed by atoms with van der Waals surface area (Å²) < 4.78 is 7.31. The summed E-state index contributed by atoms with van der Waals surface area (Å²) in [5, 5.41) is 20.1. The Balaban J connectivity index is 1.37. The number of carboxylic acids is 1. The first-order valence-corrected chi connectivity index (χ1v) is 7.42. The fourth-order valence-corrected chi connectivity index (χ4v) is 2.69. The SMILES string of the molecule is O=C(O)C1CC(n2cc(CNc3nc4ccccc4o3)nn2)C1. The van der Waals surface area contributed by atoms with Gasteiger partial charge in [-0.2, -0.15) is 4.98 Å². The molecule has 2 N–H and O–H groups in total. The molecule has 1 aromatic carbocycles. The Morgan fingerprint density at radius 3 is 3.00 bits per heavy atom. The maximum absolute atomic E-state index is 10.8. The Labute approximate surface area is 131 Å². The molecule has 0 bridgehead atoms. The number of nitrogens with one attached hydrogen (secondary N) is 1. The highest BCUT2D eigenvalue weighted by molar-refractivity contribution is 5.74. The van der Waals surface area contributed by atoms with Crippen molar-refractivity contribution in [2.24, 2.45) is 5.92 Å². The van der Waals surface area contributed by atoms with Crippen LogP contribution in [-0.2, 0) is 11.3 Å². The molecule has 0 saturated heterocycles. The van der Waals surface area contributed by atoms with E-state index in [4.69, 9.17) is 9.52 Å². The largest absolute Gasteiger partial charge is 0.481 e. The average molecular weight is 313 g/mol. The molecule has 2 heterocycles. The zero-order valence-electron chi connectivity index (χ0n) is 12.2. The van der Waals surface area contributed by atoms with Gasteiger partial charge in [-0.15, -0.1) is 5.10 Å². The summed E-state index contributed by atoms with van der Waals surface area (Å²) in [6, 6.07) is 8.11. The minimum atomic E-state index is -0.737. The van der Waals surface area contributed by atoms with Crippen LogP contribution in [0, 0.1) is 5.92 Å². The van der Waals surface area contributed by atoms with Gasteiger partial charge < -0.3 is 14.8 Å². The first-order valence-electron chi connectivity index (χ1n) is 7.42. The van der Waals surface area contributed by atoms with Crippen LogP contribution >= 0.6 is 0 Å². The molecule has 4 rings (SSSR count). The minimum Gasteiger partial charge on any atom is -0.481 e. The van der Waals surface area contributed by atoms with Crippen molar-refractivity contribution in [1.82, 2.24) is 20.0 Å². The Morgan fingerprint density at radius 1 is 1.39 bits per heavy atom. The highest BCUT2D eigenvalue weighted by Gasteiger charge is 2.36. The Kier molecular flexibility index (Phi) is 3.22. The third-order valence-electron chi connectivity index (χ3n) is 4.11. The quantitative estimate of drug-likeness (QED) is 0.742. The van der Waals surface area contributed by atoms with Gasteiger partial charge in [0.1, 0.15) is 11.2 Å². The van der Waals surface area contributed by atoms with Gasteiger partial charge in [0.25, 0.3) is 6.01 Å². The summed E-state index contributed by atoms with van der Waals surface area (Å²) in [5.41, 5.74) is 2.28. The van der Waals surface area contributed by atoms with Gasteiger partial charge in [0.2, 0.25) is 0 Å². The molecule has 1 aliphatic rings. The summed E-state index contributed by atoms with van der Waals surface area (Å²) in [5.74, 6) is -0.996. The first kappa shape index (κ1) is 13.7. The van der Waals surface area contributed by atoms with Crippen molar-refractivity contribution in [1.29, 1.82) is 0 Å². The monoisotopic (exact) mass is 313 g/mol. The number of carboxylic acid groups (broad SMARTS) is 1. The van der Waals surface area contributed by atoms with E-state index in [1.54, 1.807) is 4.68 Å². The van der Waals surface area contributed by atoms with E-state index in [0.717, 1.165) is 16.8 Å². The number of oxazole rings is 1. The number of hydrogen-bond donors (Lipinski definition) is 2. The van der Waals surface area contributed by atoms with E-state index in [1.165, 1.54) is 0 Å². The molecule has 8 heteroatoms. The maximum Gasteiger partial charge on any atom is 0.306 e. The summed E-state index contributed by atoms with van der Waals surface area (Å²) in [6.45, 7) is 0.446. The smallest absolute Gasteiger partial charge is 0.306 e. The zero-order valence-corrected chi connectivity index (χ0v) is 12.2. The number of hydrogen-bond acceptors (Lipinski definition) is 6. The van der Waals surface area contributed by atoms with Crippen molar-refractivity contribution in [3.05, 3.63) is 36.2 Å². The van der Waals surface area contributed by atoms with Crippen molar-refractivity contribution in [2.45, 2.75) is 25.4 Å². The molecule has 23 heavy (non-hydrogen) atoms. The number of aliphatic carboxylic acids is 1. The fraction of sp³-hybridized carbons (Fsp3) is 0.333. The average Bonchev–Trinajstić information content (AvgIpc) is 3.09. The predicted octanol–water partition coefficient (Wildman–Crippen LogP) is 2.07. The number of nitrogens with zero attached hydrogens (tertiary/aromatic N) is 4. The van der Waals surface area contributed by atoms with Crippen molar-refractivity contribution >= 4 is 23.1 Å². The summed E-state index contributed by atoms with van der Waals surface area (Å²) in [7, 11) is 0. The molecule has 0 spiro atoms. The van der Waals surface area contributed by atoms with Gasteiger partial charge in [0.05, 0.1) is 24.7 Å². The van der Waals surface area contributed by atoms with E-state index in [0.29, 0.717) is 25.4 Å². The molecule has 0 atom stereocenters. The molecule has 3 aromatic rings. The van der Waals surface area contributed by atoms with Crippen LogP contribution in [-0.4, -0.2) is 31.1 Å². The third kappa shape index (κ3) is 2.63. The second-order valence-corrected chi connectivity index (χ2v) is 5.69. The standard InChI is InChI=1S/C15H15N5O3/c21-14(22)9-5-11(6-9)20-8-10(18-19-20)7-16-15-17-12-3-1-2-4-13(12)23-15/h1-4,8-9,11H,5-7H2,(H,16,17)(H,21,22). The Bertz CT molecular complexity index is 817. The first-order chi connectivity index (χ1) is 11.2. The topological polar surface area (TPSA) is 106 Å². The molecule has 1 saturated carbocycles. The van der Waals surface area contributed by atoms with E-state index < -0.39 is 5.97 Å². The molecule has 118 valence electrons. The molecule has 2 aromatic heterocycles. The van der Waals surface area contributed by atoms with Crippen LogP contribution in [0.5, 0.6) is 0 Å². The van der Waals surface area contributed by atoms with E-state index >= 15 is 0 Å². The van der Waals surface area contributed by atoms with Gasteiger partial charge in [-0.1, -0.05) is 17.3 Å². The lowest BCUT2D eigenvalue weighted by molar-refractivity contribution is -0.146. The molecule has 0 radical (unpaired) electrons. The highest BCUT2D eigenvalue weighted by atomic mass is 16.4. The highest BCUT2D eigenvalue weighted by Crippen LogP contribution is 2.37. The van der Waals surface area contributed by atoms with Crippen molar-refractivity contribution < 1.29 is 14.3 Å². The van der Waals surface area contributed by atoms with Gasteiger partial charge in [-0.25, -0.2) is 4.68 Å². The van der Waals surface area contributed by atoms with Gasteiger partial charge in [0, 0.05) is 0 Å². The molecule has 0 aliphatic heterocycles. The fourth-order valence-electron chi connectivity index (χ4n) is 2.69. The van der Waals surface area contributed by atoms with Crippen LogP contribution in [0.15, 0.2) is 34.9 Å². The number of fused-ring (bicyclic) bond motifs is 1. The van der Waals surface area contributed by atoms with E-state index in [-0.39, 0.29) is 12.0 Å². The number of carbonyl (C=O) groups is 1. The summed E-state index contributed by atoms with van der Waals surface area (Å²) in [4.78, 5) is 15.2. The Morgan fingerprint density at radius 2 is 2.22 bits per heavy atom. The number of para-hydroxylation sites is 2. The van der Waals surface area contributed by atoms with Gasteiger partial charge in [-0.3, -0.25) is 4.79 Å². The molecular weight excluding hydrogens is 298 g/mol. The number of rotatable bonds is 5. The molecule has 0 amide bonds. The van der Waals surface area contributed by atoms with Crippen LogP contribution < -0.4 is 5.32 Å². The van der Waals surface area contributed by atoms with Crippen molar-refractivity contribution in [2.75, 3.05) is 5.32 Å². The van der Waals surface area contributed by atoms with Crippen molar-refractivity contribution in [3.8, 4) is 0 Å². The molecule has 8 nitrogen and oxygen atoms in total. The maximum atomic E-state index is 10.8. The predicted molar refractivity (Wildman–Crippen MR) is 80.8 cm³/mol. The van der Waals surface area contributed by atoms with E-state index in [2.05, 4.69) is 20.6 Å². The Hall–Kier alpha value is -2.90. The number of benzene rings is 1. The van der Waals surface area contributed by atoms with Crippen LogP contribution in [0.4, 0.5) is 6.01 Å². The summed E-state index contributed by atoms with van der Waals surface area (Å²) in [6.07, 6.45) is 3.05. The van der Waals surface area contributed by atoms with Crippen molar-refractivity contribution in [3.63, 3.8) is 0 Å². The lowest BCUT2D eigenvalue weighted by atomic mass is 9.80. The third-order valence-corrected chi connectivity index (χ3v) is 4.11. The lowest BCUT2D eigenvalue weighted by Crippen LogP contribution is -2.32. The van der Waals surface area contributed by atoms with E-state index in [9.17, 15) is 4.79 Å². The zero-order chi connectivity index (χ0) is 15.8. The molecule has 1 fully saturated rings. The molecule has 1 aliphatic carbocycles. The van der Waals surface area contributed by atoms with Gasteiger partial charge >= 0.3 is 5.97 Å². The number of aromatic nitrogens is 4. The number of anilines is 1. The van der Waals surface area contributed by atoms with Crippen LogP contribution in [0.3, 0.4) is 0 Å². The second kappa shape index (κ2) is 5.38. The summed E-state index contributed by atoms with van der Waals surface area (Å²) >= 11 is 0. The normalized spacial score (nSPS) is 20.3. The van der Waals surface area contributed by atoms with Crippen LogP contribution in [0.25, 0.3) is 11.1 Å².